The number of aryl methyl sites for hydroxylation is 1. The maximum atomic E-state index is 13.3. The first-order valence-electron chi connectivity index (χ1n) is 10.4. The maximum absolute atomic E-state index is 13.3. The van der Waals surface area contributed by atoms with E-state index in [1.807, 2.05) is 4.90 Å². The average molecular weight is 354 g/mol. The Morgan fingerprint density at radius 3 is 2.65 bits per heavy atom. The van der Waals surface area contributed by atoms with Crippen LogP contribution >= 0.6 is 0 Å². The molecule has 2 aliphatic carbocycles. The van der Waals surface area contributed by atoms with Gasteiger partial charge in [-0.25, -0.2) is 0 Å². The monoisotopic (exact) mass is 354 g/mol. The van der Waals surface area contributed by atoms with Gasteiger partial charge in [-0.1, -0.05) is 37.1 Å². The number of fused-ring (bicyclic) bond motifs is 1. The third-order valence-corrected chi connectivity index (χ3v) is 6.15. The second kappa shape index (κ2) is 7.81. The van der Waals surface area contributed by atoms with Gasteiger partial charge < -0.3 is 9.80 Å². The average Bonchev–Trinajstić information content (AvgIpc) is 3.47. The van der Waals surface area contributed by atoms with Gasteiger partial charge >= 0.3 is 0 Å². The zero-order chi connectivity index (χ0) is 17.9. The molecule has 26 heavy (non-hydrogen) atoms. The van der Waals surface area contributed by atoms with E-state index in [1.54, 1.807) is 0 Å². The molecule has 4 rings (SSSR count). The number of rotatable bonds is 4. The Balaban J connectivity index is 1.52. The fourth-order valence-corrected chi connectivity index (χ4v) is 4.63. The molecule has 1 aliphatic heterocycles. The van der Waals surface area contributed by atoms with Crippen LogP contribution in [0.3, 0.4) is 0 Å². The molecule has 1 heterocycles. The number of nitrogens with zero attached hydrogens (tertiary/aromatic N) is 2. The van der Waals surface area contributed by atoms with Crippen LogP contribution in [0, 0.1) is 0 Å². The molecule has 1 atom stereocenters. The smallest absolute Gasteiger partial charge is 0.242 e. The fourth-order valence-electron chi connectivity index (χ4n) is 4.63. The molecule has 1 aromatic rings. The molecule has 0 bridgehead atoms. The molecule has 0 radical (unpaired) electrons. The van der Waals surface area contributed by atoms with Crippen molar-refractivity contribution in [2.24, 2.45) is 0 Å². The predicted molar refractivity (Wildman–Crippen MR) is 102 cm³/mol. The van der Waals surface area contributed by atoms with Crippen LogP contribution in [-0.2, 0) is 16.0 Å². The lowest BCUT2D eigenvalue weighted by Crippen LogP contribution is -2.46. The molecular weight excluding hydrogens is 324 g/mol. The summed E-state index contributed by atoms with van der Waals surface area (Å²) in [5.41, 5.74) is 2.72. The van der Waals surface area contributed by atoms with Gasteiger partial charge in [0.25, 0.3) is 0 Å². The molecule has 2 fully saturated rings. The Labute approximate surface area is 156 Å². The summed E-state index contributed by atoms with van der Waals surface area (Å²) >= 11 is 0. The van der Waals surface area contributed by atoms with Crippen molar-refractivity contribution >= 4 is 11.8 Å². The van der Waals surface area contributed by atoms with Gasteiger partial charge in [0.1, 0.15) is 0 Å². The maximum Gasteiger partial charge on any atom is 0.242 e. The lowest BCUT2D eigenvalue weighted by Gasteiger charge is -2.37. The summed E-state index contributed by atoms with van der Waals surface area (Å²) in [5, 5.41) is 0. The Bertz CT molecular complexity index is 668. The van der Waals surface area contributed by atoms with Crippen molar-refractivity contribution in [3.63, 3.8) is 0 Å². The van der Waals surface area contributed by atoms with Crippen molar-refractivity contribution in [2.45, 2.75) is 76.3 Å². The van der Waals surface area contributed by atoms with E-state index in [4.69, 9.17) is 0 Å². The lowest BCUT2D eigenvalue weighted by atomic mass is 9.86. The summed E-state index contributed by atoms with van der Waals surface area (Å²) < 4.78 is 0. The van der Waals surface area contributed by atoms with Crippen molar-refractivity contribution in [2.75, 3.05) is 13.1 Å². The zero-order valence-electron chi connectivity index (χ0n) is 15.7. The Morgan fingerprint density at radius 2 is 1.81 bits per heavy atom. The summed E-state index contributed by atoms with van der Waals surface area (Å²) in [4.78, 5) is 29.7. The summed E-state index contributed by atoms with van der Waals surface area (Å²) in [6.45, 7) is 1.01. The minimum Gasteiger partial charge on any atom is -0.333 e. The van der Waals surface area contributed by atoms with Crippen molar-refractivity contribution in [3.8, 4) is 0 Å². The Hall–Kier alpha value is -1.84. The molecule has 140 valence electrons. The van der Waals surface area contributed by atoms with Crippen LogP contribution in [-0.4, -0.2) is 40.7 Å². The molecule has 0 aromatic heterocycles. The second-order valence-corrected chi connectivity index (χ2v) is 8.12. The second-order valence-electron chi connectivity index (χ2n) is 8.12. The molecule has 0 N–H and O–H groups in total. The fraction of sp³-hybridized carbons (Fsp3) is 0.636. The van der Waals surface area contributed by atoms with Gasteiger partial charge in [-0.3, -0.25) is 9.59 Å². The topological polar surface area (TPSA) is 40.6 Å². The van der Waals surface area contributed by atoms with Crippen molar-refractivity contribution < 1.29 is 9.59 Å². The highest BCUT2D eigenvalue weighted by atomic mass is 16.2. The van der Waals surface area contributed by atoms with E-state index < -0.39 is 0 Å². The molecule has 3 aliphatic rings. The molecular formula is C22H30N2O2. The first-order chi connectivity index (χ1) is 12.7. The minimum absolute atomic E-state index is 0.156. The van der Waals surface area contributed by atoms with E-state index >= 15 is 0 Å². The number of hydrogen-bond donors (Lipinski definition) is 0. The Morgan fingerprint density at radius 1 is 1.00 bits per heavy atom. The molecule has 4 nitrogen and oxygen atoms in total. The van der Waals surface area contributed by atoms with Crippen LogP contribution in [0.5, 0.6) is 0 Å². The summed E-state index contributed by atoms with van der Waals surface area (Å²) in [5.74, 6) is 0.320. The van der Waals surface area contributed by atoms with Crippen molar-refractivity contribution in [1.29, 1.82) is 0 Å². The molecule has 1 unspecified atom stereocenters. The van der Waals surface area contributed by atoms with Gasteiger partial charge in [-0.2, -0.15) is 0 Å². The quantitative estimate of drug-likeness (QED) is 0.824. The molecule has 1 saturated heterocycles. The third-order valence-electron chi connectivity index (χ3n) is 6.15. The van der Waals surface area contributed by atoms with E-state index in [1.165, 1.54) is 17.5 Å². The van der Waals surface area contributed by atoms with Crippen LogP contribution in [0.15, 0.2) is 24.3 Å². The summed E-state index contributed by atoms with van der Waals surface area (Å²) in [6.07, 6.45) is 10.4. The highest BCUT2D eigenvalue weighted by Crippen LogP contribution is 2.40. The minimum atomic E-state index is 0.156. The van der Waals surface area contributed by atoms with Crippen LogP contribution in [0.1, 0.15) is 75.0 Å². The van der Waals surface area contributed by atoms with Gasteiger partial charge in [-0.15, -0.1) is 0 Å². The highest BCUT2D eigenvalue weighted by Gasteiger charge is 2.40. The van der Waals surface area contributed by atoms with E-state index in [2.05, 4.69) is 29.2 Å². The SMILES string of the molecule is O=C1CCCCCCN1CC(=O)N(C1CC1)C1CCCc2ccccc21. The molecule has 0 spiro atoms. The largest absolute Gasteiger partial charge is 0.333 e. The van der Waals surface area contributed by atoms with Gasteiger partial charge in [0.05, 0.1) is 12.6 Å². The van der Waals surface area contributed by atoms with Crippen LogP contribution in [0.2, 0.25) is 0 Å². The highest BCUT2D eigenvalue weighted by molar-refractivity contribution is 5.85. The summed E-state index contributed by atoms with van der Waals surface area (Å²) in [6, 6.07) is 9.17. The van der Waals surface area contributed by atoms with Gasteiger partial charge in [0.15, 0.2) is 0 Å². The number of amides is 2. The van der Waals surface area contributed by atoms with Gasteiger partial charge in [0, 0.05) is 19.0 Å². The molecule has 2 amide bonds. The number of hydrogen-bond acceptors (Lipinski definition) is 2. The number of carbonyl (C=O) groups is 2. The molecule has 1 saturated carbocycles. The zero-order valence-corrected chi connectivity index (χ0v) is 15.7. The standard InChI is InChI=1S/C22H30N2O2/c25-21-12-3-1-2-6-15-23(21)16-22(26)24(18-13-14-18)20-11-7-9-17-8-4-5-10-19(17)20/h4-5,8,10,18,20H,1-3,6-7,9,11-16H2. The predicted octanol–water partition coefficient (Wildman–Crippen LogP) is 3.85. The lowest BCUT2D eigenvalue weighted by molar-refractivity contribution is -0.143. The van der Waals surface area contributed by atoms with E-state index in [-0.39, 0.29) is 24.4 Å². The van der Waals surface area contributed by atoms with Crippen LogP contribution in [0.25, 0.3) is 0 Å². The van der Waals surface area contributed by atoms with Crippen LogP contribution < -0.4 is 0 Å². The normalized spacial score (nSPS) is 23.8. The van der Waals surface area contributed by atoms with Gasteiger partial charge in [0.2, 0.25) is 11.8 Å². The van der Waals surface area contributed by atoms with Crippen molar-refractivity contribution in [3.05, 3.63) is 35.4 Å². The van der Waals surface area contributed by atoms with E-state index in [0.29, 0.717) is 12.5 Å². The summed E-state index contributed by atoms with van der Waals surface area (Å²) in [7, 11) is 0. The van der Waals surface area contributed by atoms with E-state index in [9.17, 15) is 9.59 Å². The Kier molecular flexibility index (Phi) is 5.28. The molecule has 1 aromatic carbocycles. The number of benzene rings is 1. The van der Waals surface area contributed by atoms with Crippen molar-refractivity contribution in [1.82, 2.24) is 9.80 Å². The third kappa shape index (κ3) is 3.79. The number of likely N-dealkylation sites (tertiary alicyclic amines) is 1. The van der Waals surface area contributed by atoms with Crippen LogP contribution in [0.4, 0.5) is 0 Å². The number of carbonyl (C=O) groups excluding carboxylic acids is 2. The van der Waals surface area contributed by atoms with E-state index in [0.717, 1.165) is 57.9 Å². The van der Waals surface area contributed by atoms with Gasteiger partial charge in [-0.05, 0) is 56.1 Å². The molecule has 4 heteroatoms. The first kappa shape index (κ1) is 17.6. The first-order valence-corrected chi connectivity index (χ1v) is 10.4.